The van der Waals surface area contributed by atoms with Crippen LogP contribution >= 0.6 is 11.3 Å². The lowest BCUT2D eigenvalue weighted by Gasteiger charge is -2.12. The number of aromatic nitrogens is 2. The molecule has 6 heteroatoms. The topological polar surface area (TPSA) is 66.9 Å². The van der Waals surface area contributed by atoms with Gasteiger partial charge in [-0.3, -0.25) is 4.79 Å². The lowest BCUT2D eigenvalue weighted by molar-refractivity contribution is 0.0952. The van der Waals surface area contributed by atoms with Gasteiger partial charge in [0.05, 0.1) is 5.39 Å². The molecule has 0 unspecified atom stereocenters. The molecule has 0 atom stereocenters. The Morgan fingerprint density at radius 1 is 1.14 bits per heavy atom. The number of thiophene rings is 1. The Morgan fingerprint density at radius 2 is 1.93 bits per heavy atom. The minimum atomic E-state index is -0.00688. The molecule has 1 amide bonds. The first-order valence-electron chi connectivity index (χ1n) is 10.5. The van der Waals surface area contributed by atoms with Gasteiger partial charge in [-0.2, -0.15) is 0 Å². The van der Waals surface area contributed by atoms with Crippen LogP contribution < -0.4 is 10.6 Å². The van der Waals surface area contributed by atoms with Gasteiger partial charge in [0.25, 0.3) is 5.91 Å². The van der Waals surface area contributed by atoms with Crippen molar-refractivity contribution in [3.8, 4) is 0 Å². The fourth-order valence-corrected chi connectivity index (χ4v) is 4.99. The van der Waals surface area contributed by atoms with E-state index in [4.69, 9.17) is 0 Å². The molecule has 2 heterocycles. The number of hydrogen-bond donors (Lipinski definition) is 2. The van der Waals surface area contributed by atoms with E-state index in [2.05, 4.69) is 34.4 Å². The second-order valence-corrected chi connectivity index (χ2v) is 9.19. The lowest BCUT2D eigenvalue weighted by atomic mass is 9.97. The molecule has 29 heavy (non-hydrogen) atoms. The molecule has 1 aromatic carbocycles. The third-order valence-corrected chi connectivity index (χ3v) is 6.63. The summed E-state index contributed by atoms with van der Waals surface area (Å²) < 4.78 is 0. The van der Waals surface area contributed by atoms with Crippen LogP contribution in [0.25, 0.3) is 10.2 Å². The van der Waals surface area contributed by atoms with Crippen LogP contribution in [0.4, 0.5) is 5.82 Å². The van der Waals surface area contributed by atoms with Gasteiger partial charge in [0.15, 0.2) is 0 Å². The number of amides is 1. The van der Waals surface area contributed by atoms with E-state index in [0.717, 1.165) is 35.5 Å². The van der Waals surface area contributed by atoms with E-state index in [1.807, 2.05) is 35.6 Å². The van der Waals surface area contributed by atoms with E-state index in [0.29, 0.717) is 24.6 Å². The number of hydrogen-bond acceptors (Lipinski definition) is 5. The van der Waals surface area contributed by atoms with Gasteiger partial charge in [0, 0.05) is 23.5 Å². The van der Waals surface area contributed by atoms with Crippen molar-refractivity contribution >= 4 is 33.3 Å². The first-order valence-corrected chi connectivity index (χ1v) is 11.3. The molecule has 1 aliphatic carbocycles. The van der Waals surface area contributed by atoms with E-state index in [9.17, 15) is 4.79 Å². The van der Waals surface area contributed by atoms with Crippen molar-refractivity contribution in [3.05, 3.63) is 52.2 Å². The van der Waals surface area contributed by atoms with Crippen molar-refractivity contribution in [1.82, 2.24) is 15.3 Å². The molecule has 0 bridgehead atoms. The number of carbonyl (C=O) groups excluding carboxylic acids is 1. The highest BCUT2D eigenvalue weighted by Gasteiger charge is 2.19. The molecule has 3 aromatic rings. The first kappa shape index (κ1) is 19.8. The van der Waals surface area contributed by atoms with Gasteiger partial charge < -0.3 is 10.6 Å². The Morgan fingerprint density at radius 3 is 2.72 bits per heavy atom. The standard InChI is InChI=1S/C23H28N4OS/c1-15(2)11-12-24-22(28)17-9-7-16(8-10-17)13-25-21-20-18-5-3-4-6-19(18)29-23(20)27-14-26-21/h7-10,14-15H,3-6,11-13H2,1-2H3,(H,24,28)(H,25,26,27). The summed E-state index contributed by atoms with van der Waals surface area (Å²) in [6.45, 7) is 5.71. The molecule has 4 rings (SSSR count). The largest absolute Gasteiger partial charge is 0.365 e. The zero-order valence-electron chi connectivity index (χ0n) is 17.1. The van der Waals surface area contributed by atoms with Crippen LogP contribution in [0.3, 0.4) is 0 Å². The van der Waals surface area contributed by atoms with Gasteiger partial charge in [0.1, 0.15) is 17.0 Å². The number of fused-ring (bicyclic) bond motifs is 3. The molecule has 0 fully saturated rings. The Labute approximate surface area is 176 Å². The fraction of sp³-hybridized carbons (Fsp3) is 0.435. The van der Waals surface area contributed by atoms with Crippen LogP contribution in [-0.2, 0) is 19.4 Å². The molecule has 0 saturated carbocycles. The number of carbonyl (C=O) groups is 1. The predicted molar refractivity (Wildman–Crippen MR) is 120 cm³/mol. The van der Waals surface area contributed by atoms with E-state index in [1.54, 1.807) is 6.33 Å². The lowest BCUT2D eigenvalue weighted by Crippen LogP contribution is -2.25. The van der Waals surface area contributed by atoms with Crippen molar-refractivity contribution in [2.24, 2.45) is 5.92 Å². The molecule has 1 aliphatic rings. The number of nitrogens with one attached hydrogen (secondary N) is 2. The highest BCUT2D eigenvalue weighted by atomic mass is 32.1. The normalized spacial score (nSPS) is 13.5. The van der Waals surface area contributed by atoms with Crippen LogP contribution in [-0.4, -0.2) is 22.4 Å². The monoisotopic (exact) mass is 408 g/mol. The summed E-state index contributed by atoms with van der Waals surface area (Å²) >= 11 is 1.81. The maximum atomic E-state index is 12.2. The molecule has 0 radical (unpaired) electrons. The SMILES string of the molecule is CC(C)CCNC(=O)c1ccc(CNc2ncnc3sc4c(c23)CCCC4)cc1. The maximum absolute atomic E-state index is 12.2. The van der Waals surface area contributed by atoms with Crippen molar-refractivity contribution in [1.29, 1.82) is 0 Å². The number of anilines is 1. The maximum Gasteiger partial charge on any atom is 0.251 e. The molecule has 0 saturated heterocycles. The fourth-order valence-electron chi connectivity index (χ4n) is 3.76. The van der Waals surface area contributed by atoms with Crippen molar-refractivity contribution in [3.63, 3.8) is 0 Å². The van der Waals surface area contributed by atoms with E-state index < -0.39 is 0 Å². The van der Waals surface area contributed by atoms with Crippen LogP contribution in [0, 0.1) is 5.92 Å². The number of nitrogens with zero attached hydrogens (tertiary/aromatic N) is 2. The molecule has 2 aromatic heterocycles. The summed E-state index contributed by atoms with van der Waals surface area (Å²) in [5.41, 5.74) is 3.26. The summed E-state index contributed by atoms with van der Waals surface area (Å²) in [4.78, 5) is 23.8. The van der Waals surface area contributed by atoms with E-state index >= 15 is 0 Å². The van der Waals surface area contributed by atoms with Gasteiger partial charge in [0.2, 0.25) is 0 Å². The quantitative estimate of drug-likeness (QED) is 0.580. The number of rotatable bonds is 7. The summed E-state index contributed by atoms with van der Waals surface area (Å²) in [5.74, 6) is 1.50. The van der Waals surface area contributed by atoms with Crippen LogP contribution in [0.2, 0.25) is 0 Å². The van der Waals surface area contributed by atoms with Gasteiger partial charge in [-0.15, -0.1) is 11.3 Å². The second-order valence-electron chi connectivity index (χ2n) is 8.10. The molecule has 2 N–H and O–H groups in total. The van der Waals surface area contributed by atoms with Crippen molar-refractivity contribution < 1.29 is 4.79 Å². The van der Waals surface area contributed by atoms with Gasteiger partial charge in [-0.1, -0.05) is 26.0 Å². The zero-order chi connectivity index (χ0) is 20.2. The van der Waals surface area contributed by atoms with Crippen LogP contribution in [0.1, 0.15) is 59.5 Å². The second kappa shape index (κ2) is 8.91. The van der Waals surface area contributed by atoms with E-state index in [1.165, 1.54) is 28.7 Å². The first-order chi connectivity index (χ1) is 14.1. The minimum absolute atomic E-state index is 0.00688. The van der Waals surface area contributed by atoms with Gasteiger partial charge >= 0.3 is 0 Å². The van der Waals surface area contributed by atoms with Crippen LogP contribution in [0.5, 0.6) is 0 Å². The number of aryl methyl sites for hydroxylation is 2. The predicted octanol–water partition coefficient (Wildman–Crippen LogP) is 4.96. The van der Waals surface area contributed by atoms with E-state index in [-0.39, 0.29) is 5.91 Å². The summed E-state index contributed by atoms with van der Waals surface area (Å²) in [7, 11) is 0. The Balaban J connectivity index is 1.42. The highest BCUT2D eigenvalue weighted by Crippen LogP contribution is 2.38. The minimum Gasteiger partial charge on any atom is -0.365 e. The molecule has 0 spiro atoms. The van der Waals surface area contributed by atoms with Crippen LogP contribution in [0.15, 0.2) is 30.6 Å². The number of benzene rings is 1. The molecule has 5 nitrogen and oxygen atoms in total. The third kappa shape index (κ3) is 4.58. The summed E-state index contributed by atoms with van der Waals surface area (Å²) in [6.07, 6.45) is 7.44. The van der Waals surface area contributed by atoms with Gasteiger partial charge in [-0.25, -0.2) is 9.97 Å². The van der Waals surface area contributed by atoms with Gasteiger partial charge in [-0.05, 0) is 61.3 Å². The molecule has 152 valence electrons. The third-order valence-electron chi connectivity index (χ3n) is 5.43. The highest BCUT2D eigenvalue weighted by molar-refractivity contribution is 7.19. The zero-order valence-corrected chi connectivity index (χ0v) is 17.9. The van der Waals surface area contributed by atoms with Crippen molar-refractivity contribution in [2.75, 3.05) is 11.9 Å². The molecular weight excluding hydrogens is 380 g/mol. The van der Waals surface area contributed by atoms with Crippen molar-refractivity contribution in [2.45, 2.75) is 52.5 Å². The summed E-state index contributed by atoms with van der Waals surface area (Å²) in [6, 6.07) is 7.80. The Bertz CT molecular complexity index is 994. The smallest absolute Gasteiger partial charge is 0.251 e. The average Bonchev–Trinajstić information content (AvgIpc) is 3.11. The molecular formula is C23H28N4OS. The average molecular weight is 409 g/mol. The summed E-state index contributed by atoms with van der Waals surface area (Å²) in [5, 5.41) is 7.68. The Hall–Kier alpha value is -2.47. The molecule has 0 aliphatic heterocycles. The Kier molecular flexibility index (Phi) is 6.09.